The average molecular weight is 189 g/mol. The Bertz CT molecular complexity index is 548. The van der Waals surface area contributed by atoms with Gasteiger partial charge in [0.1, 0.15) is 0 Å². The number of nitrogens with one attached hydrogen (secondary N) is 2. The van der Waals surface area contributed by atoms with Crippen LogP contribution in [0.3, 0.4) is 0 Å². The number of rotatable bonds is 1. The molecule has 2 heterocycles. The maximum atomic E-state index is 5.50. The van der Waals surface area contributed by atoms with Gasteiger partial charge in [-0.3, -0.25) is 5.10 Å². The van der Waals surface area contributed by atoms with Crippen molar-refractivity contribution in [3.8, 4) is 0 Å². The second-order valence-corrected chi connectivity index (χ2v) is 3.08. The van der Waals surface area contributed by atoms with E-state index < -0.39 is 0 Å². The SMILES string of the molecule is C=c1[nH]c(N)n/c1=C\c1cn[nH]c1C. The lowest BCUT2D eigenvalue weighted by atomic mass is 10.2. The number of nitrogen functional groups attached to an aromatic ring is 1. The van der Waals surface area contributed by atoms with Crippen LogP contribution in [0.1, 0.15) is 11.3 Å². The topological polar surface area (TPSA) is 83.4 Å². The molecule has 0 spiro atoms. The monoisotopic (exact) mass is 189 g/mol. The zero-order valence-electron chi connectivity index (χ0n) is 7.83. The molecule has 0 saturated carbocycles. The van der Waals surface area contributed by atoms with Crippen LogP contribution in [-0.4, -0.2) is 20.2 Å². The first kappa shape index (κ1) is 8.55. The largest absolute Gasteiger partial charge is 0.369 e. The first-order valence-electron chi connectivity index (χ1n) is 4.19. The van der Waals surface area contributed by atoms with Crippen LogP contribution < -0.4 is 16.4 Å². The van der Waals surface area contributed by atoms with Gasteiger partial charge in [0.2, 0.25) is 0 Å². The summed E-state index contributed by atoms with van der Waals surface area (Å²) in [5.74, 6) is 0.377. The molecule has 0 bridgehead atoms. The van der Waals surface area contributed by atoms with Gasteiger partial charge in [0.15, 0.2) is 5.95 Å². The first-order chi connectivity index (χ1) is 6.66. The highest BCUT2D eigenvalue weighted by atomic mass is 15.1. The number of anilines is 1. The van der Waals surface area contributed by atoms with E-state index in [1.165, 1.54) is 0 Å². The van der Waals surface area contributed by atoms with Crippen molar-refractivity contribution < 1.29 is 0 Å². The van der Waals surface area contributed by atoms with E-state index in [2.05, 4.69) is 26.7 Å². The number of nitrogens with two attached hydrogens (primary N) is 1. The zero-order chi connectivity index (χ0) is 10.1. The molecule has 0 fully saturated rings. The standard InChI is InChI=1S/C9H11N5/c1-5-7(4-11-14-5)3-8-6(2)12-9(10)13-8/h3-4H,2H2,1H3,(H,11,14)(H3,10,12,13)/b8-3-. The van der Waals surface area contributed by atoms with Gasteiger partial charge in [-0.05, 0) is 13.0 Å². The Morgan fingerprint density at radius 2 is 2.36 bits per heavy atom. The summed E-state index contributed by atoms with van der Waals surface area (Å²) in [6, 6.07) is 0. The smallest absolute Gasteiger partial charge is 0.198 e. The van der Waals surface area contributed by atoms with Gasteiger partial charge in [-0.25, -0.2) is 4.98 Å². The molecule has 0 amide bonds. The molecule has 2 aromatic rings. The number of hydrogen-bond donors (Lipinski definition) is 3. The number of imidazole rings is 1. The maximum Gasteiger partial charge on any atom is 0.198 e. The van der Waals surface area contributed by atoms with Gasteiger partial charge >= 0.3 is 0 Å². The lowest BCUT2D eigenvalue weighted by Gasteiger charge is -1.84. The quantitative estimate of drug-likeness (QED) is 0.552. The molecule has 2 rings (SSSR count). The van der Waals surface area contributed by atoms with Crippen molar-refractivity contribution >= 4 is 18.6 Å². The Balaban J connectivity index is 2.60. The van der Waals surface area contributed by atoms with Crippen molar-refractivity contribution in [1.29, 1.82) is 0 Å². The molecule has 0 aromatic carbocycles. The fraction of sp³-hybridized carbons (Fsp3) is 0.111. The maximum absolute atomic E-state index is 5.50. The number of nitrogens with zero attached hydrogens (tertiary/aromatic N) is 2. The second kappa shape index (κ2) is 3.02. The molecule has 0 aliphatic rings. The Morgan fingerprint density at radius 3 is 2.86 bits per heavy atom. The Kier molecular flexibility index (Phi) is 1.85. The molecule has 2 aromatic heterocycles. The van der Waals surface area contributed by atoms with Crippen LogP contribution in [0.25, 0.3) is 12.7 Å². The summed E-state index contributed by atoms with van der Waals surface area (Å²) in [7, 11) is 0. The van der Waals surface area contributed by atoms with Crippen LogP contribution in [0, 0.1) is 6.92 Å². The average Bonchev–Trinajstić information content (AvgIpc) is 2.62. The molecule has 0 aliphatic heterocycles. The lowest BCUT2D eigenvalue weighted by molar-refractivity contribution is 1.05. The normalized spacial score (nSPS) is 12.2. The molecule has 0 radical (unpaired) electrons. The van der Waals surface area contributed by atoms with E-state index in [-0.39, 0.29) is 0 Å². The molecule has 4 N–H and O–H groups in total. The van der Waals surface area contributed by atoms with Crippen molar-refractivity contribution in [3.05, 3.63) is 28.2 Å². The molecule has 14 heavy (non-hydrogen) atoms. The van der Waals surface area contributed by atoms with Crippen LogP contribution in [-0.2, 0) is 0 Å². The molecule has 0 aliphatic carbocycles. The summed E-state index contributed by atoms with van der Waals surface area (Å²) in [4.78, 5) is 6.92. The Morgan fingerprint density at radius 1 is 1.57 bits per heavy atom. The summed E-state index contributed by atoms with van der Waals surface area (Å²) in [5, 5.41) is 8.21. The summed E-state index contributed by atoms with van der Waals surface area (Å²) in [6.07, 6.45) is 3.62. The predicted molar refractivity (Wildman–Crippen MR) is 54.7 cm³/mol. The van der Waals surface area contributed by atoms with E-state index in [4.69, 9.17) is 5.73 Å². The van der Waals surface area contributed by atoms with Crippen LogP contribution in [0.5, 0.6) is 0 Å². The predicted octanol–water partition coefficient (Wildman–Crippen LogP) is -0.737. The lowest BCUT2D eigenvalue weighted by Crippen LogP contribution is -2.22. The molecule has 0 unspecified atom stereocenters. The van der Waals surface area contributed by atoms with Gasteiger partial charge in [0.25, 0.3) is 0 Å². The van der Waals surface area contributed by atoms with Crippen LogP contribution in [0.2, 0.25) is 0 Å². The minimum atomic E-state index is 0.377. The van der Waals surface area contributed by atoms with Crippen molar-refractivity contribution in [2.75, 3.05) is 5.73 Å². The Hall–Kier alpha value is -2.04. The van der Waals surface area contributed by atoms with E-state index in [0.717, 1.165) is 16.6 Å². The third kappa shape index (κ3) is 1.39. The minimum absolute atomic E-state index is 0.377. The fourth-order valence-electron chi connectivity index (χ4n) is 1.22. The van der Waals surface area contributed by atoms with E-state index in [1.807, 2.05) is 13.0 Å². The van der Waals surface area contributed by atoms with Crippen molar-refractivity contribution in [2.24, 2.45) is 0 Å². The van der Waals surface area contributed by atoms with Crippen LogP contribution in [0.4, 0.5) is 5.95 Å². The molecule has 5 nitrogen and oxygen atoms in total. The molecular weight excluding hydrogens is 178 g/mol. The molecular formula is C9H11N5. The summed E-state index contributed by atoms with van der Waals surface area (Å²) in [6.45, 7) is 5.73. The highest BCUT2D eigenvalue weighted by molar-refractivity contribution is 5.49. The molecule has 5 heteroatoms. The number of H-pyrrole nitrogens is 2. The minimum Gasteiger partial charge on any atom is -0.369 e. The zero-order valence-corrected chi connectivity index (χ0v) is 7.83. The van der Waals surface area contributed by atoms with E-state index in [9.17, 15) is 0 Å². The van der Waals surface area contributed by atoms with Crippen molar-refractivity contribution in [2.45, 2.75) is 6.92 Å². The number of hydrogen-bond acceptors (Lipinski definition) is 3. The second-order valence-electron chi connectivity index (χ2n) is 3.08. The van der Waals surface area contributed by atoms with Gasteiger partial charge in [-0.2, -0.15) is 5.10 Å². The third-order valence-electron chi connectivity index (χ3n) is 1.99. The van der Waals surface area contributed by atoms with E-state index in [0.29, 0.717) is 11.3 Å². The molecule has 0 saturated heterocycles. The van der Waals surface area contributed by atoms with Gasteiger partial charge in [-0.15, -0.1) is 0 Å². The summed E-state index contributed by atoms with van der Waals surface area (Å²) in [5.41, 5.74) is 7.48. The van der Waals surface area contributed by atoms with Gasteiger partial charge < -0.3 is 10.7 Å². The van der Waals surface area contributed by atoms with Crippen LogP contribution in [0.15, 0.2) is 6.20 Å². The van der Waals surface area contributed by atoms with E-state index >= 15 is 0 Å². The Labute approximate surface area is 80.4 Å². The molecule has 72 valence electrons. The number of aromatic amines is 2. The number of aryl methyl sites for hydroxylation is 1. The first-order valence-corrected chi connectivity index (χ1v) is 4.19. The third-order valence-corrected chi connectivity index (χ3v) is 1.99. The summed E-state index contributed by atoms with van der Waals surface area (Å²) >= 11 is 0. The van der Waals surface area contributed by atoms with Gasteiger partial charge in [0, 0.05) is 11.3 Å². The number of aromatic nitrogens is 4. The van der Waals surface area contributed by atoms with Gasteiger partial charge in [-0.1, -0.05) is 6.58 Å². The van der Waals surface area contributed by atoms with Gasteiger partial charge in [0.05, 0.1) is 16.9 Å². The summed E-state index contributed by atoms with van der Waals surface area (Å²) < 4.78 is 0. The molecule has 0 atom stereocenters. The van der Waals surface area contributed by atoms with Crippen LogP contribution >= 0.6 is 0 Å². The highest BCUT2D eigenvalue weighted by Crippen LogP contribution is 2.01. The fourth-order valence-corrected chi connectivity index (χ4v) is 1.22. The van der Waals surface area contributed by atoms with E-state index in [1.54, 1.807) is 6.20 Å². The highest BCUT2D eigenvalue weighted by Gasteiger charge is 1.97. The van der Waals surface area contributed by atoms with Crippen molar-refractivity contribution in [3.63, 3.8) is 0 Å². The van der Waals surface area contributed by atoms with Crippen molar-refractivity contribution in [1.82, 2.24) is 20.2 Å².